The van der Waals surface area contributed by atoms with Crippen LogP contribution in [0.3, 0.4) is 0 Å². The maximum atomic E-state index is 12.6. The number of nitrogens with one attached hydrogen (secondary N) is 1. The Morgan fingerprint density at radius 3 is 3.04 bits per heavy atom. The molecule has 1 N–H and O–H groups in total. The molecule has 1 aromatic carbocycles. The van der Waals surface area contributed by atoms with E-state index in [1.807, 2.05) is 36.9 Å². The van der Waals surface area contributed by atoms with Gasteiger partial charge in [-0.15, -0.1) is 0 Å². The fourth-order valence-electron chi connectivity index (χ4n) is 2.34. The van der Waals surface area contributed by atoms with Crippen molar-refractivity contribution in [3.05, 3.63) is 52.1 Å². The number of ether oxygens (including phenoxy) is 1. The molecule has 0 saturated carbocycles. The third-order valence-corrected chi connectivity index (χ3v) is 5.62. The molecule has 1 fully saturated rings. The van der Waals surface area contributed by atoms with Crippen LogP contribution in [0.2, 0.25) is 0 Å². The molecule has 1 unspecified atom stereocenters. The molecule has 1 aliphatic heterocycles. The molecule has 2 heterocycles. The highest BCUT2D eigenvalue weighted by Gasteiger charge is 2.21. The average Bonchev–Trinajstić information content (AvgIpc) is 3.04. The first kappa shape index (κ1) is 16.3. The summed E-state index contributed by atoms with van der Waals surface area (Å²) in [5.41, 5.74) is 2.28. The molecule has 1 aliphatic rings. The Hall–Kier alpha value is -1.53. The largest absolute Gasteiger partial charge is 0.473 e. The number of halogens is 1. The van der Waals surface area contributed by atoms with Crippen molar-refractivity contribution in [2.45, 2.75) is 19.4 Å². The molecule has 1 aromatic heterocycles. The Balaban J connectivity index is 1.77. The Morgan fingerprint density at radius 1 is 1.43 bits per heavy atom. The first-order valence-corrected chi connectivity index (χ1v) is 9.35. The summed E-state index contributed by atoms with van der Waals surface area (Å²) in [4.78, 5) is 16.8. The third-order valence-electron chi connectivity index (χ3n) is 3.60. The van der Waals surface area contributed by atoms with E-state index in [0.717, 1.165) is 33.7 Å². The molecule has 1 atom stereocenters. The number of aryl methyl sites for hydroxylation is 1. The van der Waals surface area contributed by atoms with Crippen molar-refractivity contribution in [2.24, 2.45) is 0 Å². The van der Waals surface area contributed by atoms with Crippen molar-refractivity contribution in [2.75, 3.05) is 16.8 Å². The van der Waals surface area contributed by atoms with Gasteiger partial charge in [0.15, 0.2) is 0 Å². The zero-order valence-electron chi connectivity index (χ0n) is 12.7. The van der Waals surface area contributed by atoms with Crippen LogP contribution in [0.15, 0.2) is 41.0 Å². The predicted octanol–water partition coefficient (Wildman–Crippen LogP) is 4.29. The van der Waals surface area contributed by atoms with Crippen LogP contribution >= 0.6 is 27.7 Å². The van der Waals surface area contributed by atoms with Crippen molar-refractivity contribution in [3.63, 3.8) is 0 Å². The number of carbonyl (C=O) groups is 1. The minimum atomic E-state index is -0.208. The number of carbonyl (C=O) groups excluding carboxylic acids is 1. The van der Waals surface area contributed by atoms with Gasteiger partial charge in [-0.05, 0) is 55.0 Å². The van der Waals surface area contributed by atoms with Gasteiger partial charge in [0.25, 0.3) is 5.91 Å². The van der Waals surface area contributed by atoms with Gasteiger partial charge in [0.1, 0.15) is 11.7 Å². The Morgan fingerprint density at radius 2 is 2.30 bits per heavy atom. The summed E-state index contributed by atoms with van der Waals surface area (Å²) in [7, 11) is 0. The molecule has 120 valence electrons. The summed E-state index contributed by atoms with van der Waals surface area (Å²) < 4.78 is 6.92. The molecule has 3 rings (SSSR count). The van der Waals surface area contributed by atoms with Gasteiger partial charge in [-0.1, -0.05) is 15.9 Å². The van der Waals surface area contributed by atoms with E-state index in [1.165, 1.54) is 0 Å². The van der Waals surface area contributed by atoms with Crippen LogP contribution in [-0.2, 0) is 0 Å². The Labute approximate surface area is 148 Å². The number of thioether (sulfide) groups is 1. The van der Waals surface area contributed by atoms with E-state index < -0.39 is 0 Å². The number of hydrogen-bond donors (Lipinski definition) is 1. The lowest BCUT2D eigenvalue weighted by Gasteiger charge is -2.14. The highest BCUT2D eigenvalue weighted by molar-refractivity contribution is 9.10. The van der Waals surface area contributed by atoms with Gasteiger partial charge in [-0.3, -0.25) is 4.79 Å². The number of benzene rings is 1. The number of rotatable bonds is 4. The van der Waals surface area contributed by atoms with Crippen LogP contribution in [0.5, 0.6) is 5.88 Å². The predicted molar refractivity (Wildman–Crippen MR) is 97.4 cm³/mol. The van der Waals surface area contributed by atoms with Gasteiger partial charge in [0.05, 0.1) is 0 Å². The highest BCUT2D eigenvalue weighted by Crippen LogP contribution is 2.25. The SMILES string of the molecule is Cc1cc(NC(=O)c2cccnc2OC2CCSC2)ccc1Br. The molecule has 1 amide bonds. The molecule has 4 nitrogen and oxygen atoms in total. The van der Waals surface area contributed by atoms with Crippen molar-refractivity contribution in [1.29, 1.82) is 0 Å². The molecule has 0 bridgehead atoms. The van der Waals surface area contributed by atoms with E-state index >= 15 is 0 Å². The second-order valence-corrected chi connectivity index (χ2v) is 7.38. The van der Waals surface area contributed by atoms with E-state index in [9.17, 15) is 4.79 Å². The topological polar surface area (TPSA) is 51.2 Å². The normalized spacial score (nSPS) is 17.0. The molecule has 23 heavy (non-hydrogen) atoms. The van der Waals surface area contributed by atoms with E-state index in [0.29, 0.717) is 11.4 Å². The Bertz CT molecular complexity index is 717. The summed E-state index contributed by atoms with van der Waals surface area (Å²) in [5.74, 6) is 2.24. The van der Waals surface area contributed by atoms with Gasteiger partial charge in [0.2, 0.25) is 5.88 Å². The van der Waals surface area contributed by atoms with Gasteiger partial charge in [-0.2, -0.15) is 11.8 Å². The highest BCUT2D eigenvalue weighted by atomic mass is 79.9. The zero-order chi connectivity index (χ0) is 16.2. The number of pyridine rings is 1. The minimum absolute atomic E-state index is 0.136. The number of amides is 1. The van der Waals surface area contributed by atoms with Gasteiger partial charge in [0, 0.05) is 22.1 Å². The number of aromatic nitrogens is 1. The number of anilines is 1. The van der Waals surface area contributed by atoms with E-state index in [2.05, 4.69) is 26.2 Å². The van der Waals surface area contributed by atoms with Crippen LogP contribution in [0, 0.1) is 6.92 Å². The van der Waals surface area contributed by atoms with Crippen molar-refractivity contribution < 1.29 is 9.53 Å². The first-order valence-electron chi connectivity index (χ1n) is 7.40. The van der Waals surface area contributed by atoms with E-state index in [-0.39, 0.29) is 12.0 Å². The number of hydrogen-bond acceptors (Lipinski definition) is 4. The summed E-state index contributed by atoms with van der Waals surface area (Å²) in [6.07, 6.45) is 2.78. The molecule has 6 heteroatoms. The van der Waals surface area contributed by atoms with E-state index in [1.54, 1.807) is 18.3 Å². The minimum Gasteiger partial charge on any atom is -0.473 e. The van der Waals surface area contributed by atoms with E-state index in [4.69, 9.17) is 4.74 Å². The third kappa shape index (κ3) is 4.06. The maximum absolute atomic E-state index is 12.6. The zero-order valence-corrected chi connectivity index (χ0v) is 15.1. The smallest absolute Gasteiger partial charge is 0.261 e. The fourth-order valence-corrected chi connectivity index (χ4v) is 3.68. The molecule has 0 radical (unpaired) electrons. The van der Waals surface area contributed by atoms with Gasteiger partial charge < -0.3 is 10.1 Å². The second kappa shape index (κ2) is 7.36. The summed E-state index contributed by atoms with van der Waals surface area (Å²) in [6, 6.07) is 9.19. The number of nitrogens with zero attached hydrogens (tertiary/aromatic N) is 1. The summed E-state index contributed by atoms with van der Waals surface area (Å²) >= 11 is 5.32. The lowest BCUT2D eigenvalue weighted by atomic mass is 10.2. The summed E-state index contributed by atoms with van der Waals surface area (Å²) in [5, 5.41) is 2.91. The van der Waals surface area contributed by atoms with Gasteiger partial charge >= 0.3 is 0 Å². The lowest BCUT2D eigenvalue weighted by molar-refractivity contribution is 0.101. The fraction of sp³-hybridized carbons (Fsp3) is 0.294. The molecule has 2 aromatic rings. The molecule has 0 spiro atoms. The molecular weight excluding hydrogens is 376 g/mol. The standard InChI is InChI=1S/C17H17BrN2O2S/c1-11-9-12(4-5-15(11)18)20-16(21)14-3-2-7-19-17(14)22-13-6-8-23-10-13/h2-5,7,9,13H,6,8,10H2,1H3,(H,20,21). The average molecular weight is 393 g/mol. The summed E-state index contributed by atoms with van der Waals surface area (Å²) in [6.45, 7) is 1.98. The Kier molecular flexibility index (Phi) is 5.23. The monoisotopic (exact) mass is 392 g/mol. The lowest BCUT2D eigenvalue weighted by Crippen LogP contribution is -2.20. The van der Waals surface area contributed by atoms with Crippen LogP contribution in [0.25, 0.3) is 0 Å². The maximum Gasteiger partial charge on any atom is 0.261 e. The molecule has 0 aliphatic carbocycles. The molecular formula is C17H17BrN2O2S. The van der Waals surface area contributed by atoms with Crippen LogP contribution in [-0.4, -0.2) is 28.5 Å². The first-order chi connectivity index (χ1) is 11.1. The molecule has 1 saturated heterocycles. The van der Waals surface area contributed by atoms with Crippen molar-refractivity contribution >= 4 is 39.3 Å². The second-order valence-electron chi connectivity index (χ2n) is 5.38. The van der Waals surface area contributed by atoms with Crippen molar-refractivity contribution in [3.8, 4) is 5.88 Å². The van der Waals surface area contributed by atoms with Crippen LogP contribution < -0.4 is 10.1 Å². The van der Waals surface area contributed by atoms with Crippen molar-refractivity contribution in [1.82, 2.24) is 4.98 Å². The van der Waals surface area contributed by atoms with Crippen LogP contribution in [0.1, 0.15) is 22.3 Å². The van der Waals surface area contributed by atoms with Crippen LogP contribution in [0.4, 0.5) is 5.69 Å². The quantitative estimate of drug-likeness (QED) is 0.842. The van der Waals surface area contributed by atoms with Gasteiger partial charge in [-0.25, -0.2) is 4.98 Å².